The molecule has 2 saturated heterocycles. The second-order valence-corrected chi connectivity index (χ2v) is 9.39. The third-order valence-corrected chi connectivity index (χ3v) is 5.85. The van der Waals surface area contributed by atoms with Gasteiger partial charge in [0.1, 0.15) is 0 Å². The molecule has 0 spiro atoms. The van der Waals surface area contributed by atoms with E-state index in [4.69, 9.17) is 0 Å². The minimum atomic E-state index is -0.663. The average Bonchev–Trinajstić information content (AvgIpc) is 2.61. The smallest absolute Gasteiger partial charge is 0.234 e. The van der Waals surface area contributed by atoms with Crippen LogP contribution in [0.1, 0.15) is 66.0 Å². The Kier molecular flexibility index (Phi) is 4.84. The molecule has 1 aliphatic carbocycles. The molecule has 5 heteroatoms. The monoisotopic (exact) mass is 357 g/mol. The van der Waals surface area contributed by atoms with Crippen LogP contribution in [0.15, 0.2) is 18.3 Å². The number of hydrogen-bond acceptors (Lipinski definition) is 3. The molecule has 5 nitrogen and oxygen atoms in total. The van der Waals surface area contributed by atoms with Crippen molar-refractivity contribution in [2.45, 2.75) is 71.8 Å². The molecule has 0 radical (unpaired) electrons. The zero-order valence-electron chi connectivity index (χ0n) is 16.6. The topological polar surface area (TPSA) is 62.3 Å². The molecule has 1 N–H and O–H groups in total. The number of anilines is 1. The zero-order valence-corrected chi connectivity index (χ0v) is 16.6. The molecule has 0 aromatic carbocycles. The van der Waals surface area contributed by atoms with Crippen LogP contribution in [-0.2, 0) is 15.0 Å². The van der Waals surface area contributed by atoms with E-state index in [0.717, 1.165) is 25.1 Å². The maximum absolute atomic E-state index is 13.2. The second-order valence-electron chi connectivity index (χ2n) is 9.39. The molecule has 4 rings (SSSR count). The van der Waals surface area contributed by atoms with Crippen molar-refractivity contribution in [1.82, 2.24) is 9.88 Å². The highest BCUT2D eigenvalue weighted by molar-refractivity contribution is 5.94. The Labute approximate surface area is 156 Å². The van der Waals surface area contributed by atoms with Gasteiger partial charge in [0.25, 0.3) is 0 Å². The predicted octanol–water partition coefficient (Wildman–Crippen LogP) is 3.74. The lowest BCUT2D eigenvalue weighted by Crippen LogP contribution is -2.55. The summed E-state index contributed by atoms with van der Waals surface area (Å²) < 4.78 is 0. The molecule has 2 aliphatic heterocycles. The molecule has 0 atom stereocenters. The van der Waals surface area contributed by atoms with E-state index in [0.29, 0.717) is 17.6 Å². The molecule has 3 aliphatic rings. The van der Waals surface area contributed by atoms with Crippen molar-refractivity contribution in [3.63, 3.8) is 0 Å². The molecule has 1 saturated carbocycles. The predicted molar refractivity (Wildman–Crippen MR) is 103 cm³/mol. The van der Waals surface area contributed by atoms with Crippen LogP contribution < -0.4 is 5.32 Å². The van der Waals surface area contributed by atoms with Crippen molar-refractivity contribution >= 4 is 17.5 Å². The number of piperidine rings is 2. The third kappa shape index (κ3) is 3.62. The number of fused-ring (bicyclic) bond motifs is 3. The Morgan fingerprint density at radius 1 is 1.08 bits per heavy atom. The Morgan fingerprint density at radius 3 is 2.19 bits per heavy atom. The van der Waals surface area contributed by atoms with Gasteiger partial charge in [-0.15, -0.1) is 0 Å². The van der Waals surface area contributed by atoms with Gasteiger partial charge in [0.05, 0.1) is 23.0 Å². The summed E-state index contributed by atoms with van der Waals surface area (Å²) in [5.41, 5.74) is 0.289. The fourth-order valence-corrected chi connectivity index (χ4v) is 3.94. The van der Waals surface area contributed by atoms with E-state index in [1.54, 1.807) is 6.20 Å². The number of rotatable bonds is 3. The van der Waals surface area contributed by atoms with Crippen molar-refractivity contribution in [3.8, 4) is 0 Å². The lowest BCUT2D eigenvalue weighted by atomic mass is 9.77. The van der Waals surface area contributed by atoms with Gasteiger partial charge in [-0.25, -0.2) is 0 Å². The quantitative estimate of drug-likeness (QED) is 0.896. The lowest BCUT2D eigenvalue weighted by molar-refractivity contribution is -0.144. The fourth-order valence-electron chi connectivity index (χ4n) is 3.94. The number of carbonyl (C=O) groups is 2. The van der Waals surface area contributed by atoms with Crippen molar-refractivity contribution in [2.75, 3.05) is 11.9 Å². The molecule has 0 unspecified atom stereocenters. The average molecular weight is 357 g/mol. The molecular formula is C21H31N3O2. The summed E-state index contributed by atoms with van der Waals surface area (Å²) >= 11 is 0. The number of aromatic nitrogens is 1. The van der Waals surface area contributed by atoms with Crippen LogP contribution in [0, 0.1) is 11.3 Å². The number of nitrogens with zero attached hydrogens (tertiary/aromatic N) is 2. The third-order valence-electron chi connectivity index (χ3n) is 5.85. The van der Waals surface area contributed by atoms with E-state index in [1.807, 2.05) is 46.8 Å². The first kappa shape index (κ1) is 18.9. The van der Waals surface area contributed by atoms with E-state index in [9.17, 15) is 9.59 Å². The summed E-state index contributed by atoms with van der Waals surface area (Å²) in [6.45, 7) is 10.4. The van der Waals surface area contributed by atoms with Gasteiger partial charge in [0, 0.05) is 18.0 Å². The molecule has 26 heavy (non-hydrogen) atoms. The van der Waals surface area contributed by atoms with Crippen molar-refractivity contribution < 1.29 is 9.59 Å². The summed E-state index contributed by atoms with van der Waals surface area (Å²) in [6.07, 6.45) is 6.44. The summed E-state index contributed by atoms with van der Waals surface area (Å²) in [6, 6.07) is 4.10. The largest absolute Gasteiger partial charge is 0.339 e. The molecule has 1 aromatic rings. The minimum Gasteiger partial charge on any atom is -0.339 e. The van der Waals surface area contributed by atoms with Crippen LogP contribution >= 0.6 is 0 Å². The van der Waals surface area contributed by atoms with Gasteiger partial charge < -0.3 is 10.2 Å². The maximum Gasteiger partial charge on any atom is 0.234 e. The van der Waals surface area contributed by atoms with Gasteiger partial charge in [-0.05, 0) is 57.6 Å². The van der Waals surface area contributed by atoms with Gasteiger partial charge in [-0.2, -0.15) is 0 Å². The molecule has 3 fully saturated rings. The maximum atomic E-state index is 13.2. The molecule has 3 heterocycles. The Bertz CT molecular complexity index is 680. The number of carbonyl (C=O) groups excluding carboxylic acids is 2. The number of pyridine rings is 1. The van der Waals surface area contributed by atoms with Crippen LogP contribution in [0.3, 0.4) is 0 Å². The van der Waals surface area contributed by atoms with Gasteiger partial charge in [-0.3, -0.25) is 14.6 Å². The van der Waals surface area contributed by atoms with Gasteiger partial charge in [-0.1, -0.05) is 20.8 Å². The first-order valence-electron chi connectivity index (χ1n) is 9.68. The number of hydrogen-bond donors (Lipinski definition) is 1. The van der Waals surface area contributed by atoms with Crippen molar-refractivity contribution in [2.24, 2.45) is 11.3 Å². The highest BCUT2D eigenvalue weighted by atomic mass is 16.2. The standard InChI is InChI=1S/C21H31N3O2/c1-20(2,3)18(25)23-15-8-11-17(22-12-15)21(4,5)19(26)24-13-14-6-9-16(24)10-7-14/h8,11-12,14,16H,6-7,9-10,13H2,1-5H3,(H,23,25). The van der Waals surface area contributed by atoms with Gasteiger partial charge in [0.2, 0.25) is 11.8 Å². The van der Waals surface area contributed by atoms with Crippen LogP contribution in [0.5, 0.6) is 0 Å². The first-order chi connectivity index (χ1) is 12.1. The van der Waals surface area contributed by atoms with E-state index >= 15 is 0 Å². The van der Waals surface area contributed by atoms with E-state index in [1.165, 1.54) is 12.8 Å². The SMILES string of the molecule is CC(C)(C)C(=O)Nc1ccc(C(C)(C)C(=O)N2CC3CCC2CC3)nc1. The highest BCUT2D eigenvalue weighted by Gasteiger charge is 2.42. The summed E-state index contributed by atoms with van der Waals surface area (Å²) in [4.78, 5) is 31.9. The summed E-state index contributed by atoms with van der Waals surface area (Å²) in [7, 11) is 0. The van der Waals surface area contributed by atoms with E-state index in [-0.39, 0.29) is 11.8 Å². The molecule has 142 valence electrons. The Morgan fingerprint density at radius 2 is 1.73 bits per heavy atom. The molecule has 1 aromatic heterocycles. The number of amides is 2. The lowest BCUT2D eigenvalue weighted by Gasteiger charge is -2.47. The Hall–Kier alpha value is -1.91. The number of nitrogens with one attached hydrogen (secondary N) is 1. The van der Waals surface area contributed by atoms with Crippen LogP contribution in [0.4, 0.5) is 5.69 Å². The second kappa shape index (κ2) is 6.67. The summed E-state index contributed by atoms with van der Waals surface area (Å²) in [5.74, 6) is 0.792. The van der Waals surface area contributed by atoms with Crippen LogP contribution in [-0.4, -0.2) is 34.3 Å². The summed E-state index contributed by atoms with van der Waals surface area (Å²) in [5, 5.41) is 2.88. The van der Waals surface area contributed by atoms with E-state index < -0.39 is 10.8 Å². The fraction of sp³-hybridized carbons (Fsp3) is 0.667. The highest BCUT2D eigenvalue weighted by Crippen LogP contribution is 2.37. The molecule has 2 bridgehead atoms. The van der Waals surface area contributed by atoms with E-state index in [2.05, 4.69) is 15.2 Å². The first-order valence-corrected chi connectivity index (χ1v) is 9.68. The normalized spacial score (nSPS) is 23.0. The van der Waals surface area contributed by atoms with Crippen molar-refractivity contribution in [1.29, 1.82) is 0 Å². The zero-order chi connectivity index (χ0) is 19.1. The molecular weight excluding hydrogens is 326 g/mol. The van der Waals surface area contributed by atoms with Gasteiger partial charge >= 0.3 is 0 Å². The molecule has 2 amide bonds. The van der Waals surface area contributed by atoms with Crippen LogP contribution in [0.25, 0.3) is 0 Å². The minimum absolute atomic E-state index is 0.0493. The van der Waals surface area contributed by atoms with Crippen molar-refractivity contribution in [3.05, 3.63) is 24.0 Å². The van der Waals surface area contributed by atoms with Gasteiger partial charge in [0.15, 0.2) is 0 Å². The van der Waals surface area contributed by atoms with Crippen LogP contribution in [0.2, 0.25) is 0 Å². The Balaban J connectivity index is 1.73.